The first-order chi connectivity index (χ1) is 9.69. The summed E-state index contributed by atoms with van der Waals surface area (Å²) in [5.41, 5.74) is 5.02. The molecule has 0 aromatic rings. The number of amidine groups is 1. The van der Waals surface area contributed by atoms with Crippen LogP contribution in [0.15, 0.2) is 5.16 Å². The third-order valence-corrected chi connectivity index (χ3v) is 4.57. The Balaban J connectivity index is 2.02. The maximum atomic E-state index is 12.6. The van der Waals surface area contributed by atoms with Crippen molar-refractivity contribution in [3.63, 3.8) is 0 Å². The molecule has 1 atom stereocenters. The normalized spacial score (nSPS) is 27.0. The molecule has 1 saturated carbocycles. The largest absolute Gasteiger partial charge is 0.409 e. The summed E-state index contributed by atoms with van der Waals surface area (Å²) in [5, 5.41) is 15.2. The van der Waals surface area contributed by atoms with E-state index in [1.807, 2.05) is 0 Å². The summed E-state index contributed by atoms with van der Waals surface area (Å²) in [5.74, 6) is 0.343. The molecule has 0 radical (unpaired) electrons. The van der Waals surface area contributed by atoms with Crippen molar-refractivity contribution in [2.45, 2.75) is 44.9 Å². The van der Waals surface area contributed by atoms with Gasteiger partial charge in [0.05, 0.1) is 6.61 Å². The average molecular weight is 283 g/mol. The van der Waals surface area contributed by atoms with Gasteiger partial charge in [0.25, 0.3) is 0 Å². The van der Waals surface area contributed by atoms with E-state index in [4.69, 9.17) is 15.7 Å². The fourth-order valence-electron chi connectivity index (χ4n) is 3.18. The lowest BCUT2D eigenvalue weighted by Crippen LogP contribution is -2.50. The zero-order valence-electron chi connectivity index (χ0n) is 11.9. The molecule has 114 valence electrons. The number of nitrogens with one attached hydrogen (secondary N) is 1. The first-order valence-corrected chi connectivity index (χ1v) is 7.53. The molecule has 6 heteroatoms. The second kappa shape index (κ2) is 6.92. The predicted molar refractivity (Wildman–Crippen MR) is 75.5 cm³/mol. The first-order valence-electron chi connectivity index (χ1n) is 7.53. The number of hydrogen-bond donors (Lipinski definition) is 3. The van der Waals surface area contributed by atoms with E-state index >= 15 is 0 Å². The fraction of sp³-hybridized carbons (Fsp3) is 0.857. The molecule has 0 bridgehead atoms. The van der Waals surface area contributed by atoms with Crippen LogP contribution in [0.3, 0.4) is 0 Å². The highest BCUT2D eigenvalue weighted by Crippen LogP contribution is 2.35. The molecule has 0 aromatic heterocycles. The van der Waals surface area contributed by atoms with Crippen molar-refractivity contribution in [1.29, 1.82) is 0 Å². The molecule has 1 aliphatic carbocycles. The smallest absolute Gasteiger partial charge is 0.233 e. The number of oxime groups is 1. The van der Waals surface area contributed by atoms with Crippen molar-refractivity contribution in [2.75, 3.05) is 19.8 Å². The Kier molecular flexibility index (Phi) is 5.23. The summed E-state index contributed by atoms with van der Waals surface area (Å²) in [6.07, 6.45) is 6.39. The van der Waals surface area contributed by atoms with Gasteiger partial charge in [-0.15, -0.1) is 0 Å². The first kappa shape index (κ1) is 15.1. The maximum Gasteiger partial charge on any atom is 0.233 e. The summed E-state index contributed by atoms with van der Waals surface area (Å²) < 4.78 is 5.31. The lowest BCUT2D eigenvalue weighted by Gasteiger charge is -2.30. The summed E-state index contributed by atoms with van der Waals surface area (Å²) in [4.78, 5) is 12.6. The van der Waals surface area contributed by atoms with Gasteiger partial charge in [0.1, 0.15) is 5.41 Å². The van der Waals surface area contributed by atoms with E-state index in [0.717, 1.165) is 38.7 Å². The minimum Gasteiger partial charge on any atom is -0.409 e. The number of hydrogen-bond acceptors (Lipinski definition) is 4. The van der Waals surface area contributed by atoms with Crippen LogP contribution in [0, 0.1) is 11.3 Å². The Morgan fingerprint density at radius 1 is 1.35 bits per heavy atom. The Morgan fingerprint density at radius 3 is 2.60 bits per heavy atom. The molecular weight excluding hydrogens is 258 g/mol. The molecule has 0 spiro atoms. The summed E-state index contributed by atoms with van der Waals surface area (Å²) in [7, 11) is 0. The van der Waals surface area contributed by atoms with E-state index in [9.17, 15) is 4.79 Å². The minimum absolute atomic E-state index is 0.0552. The van der Waals surface area contributed by atoms with E-state index < -0.39 is 5.41 Å². The molecule has 1 aliphatic heterocycles. The molecule has 6 nitrogen and oxygen atoms in total. The van der Waals surface area contributed by atoms with Crippen LogP contribution in [0.4, 0.5) is 0 Å². The third kappa shape index (κ3) is 3.23. The number of amides is 1. The van der Waals surface area contributed by atoms with E-state index in [1.54, 1.807) is 0 Å². The van der Waals surface area contributed by atoms with Crippen LogP contribution in [0.1, 0.15) is 44.9 Å². The quantitative estimate of drug-likeness (QED) is 0.238. The number of carbonyl (C=O) groups excluding carboxylic acids is 1. The van der Waals surface area contributed by atoms with Gasteiger partial charge in [-0.25, -0.2) is 0 Å². The van der Waals surface area contributed by atoms with Crippen molar-refractivity contribution in [2.24, 2.45) is 22.2 Å². The highest BCUT2D eigenvalue weighted by molar-refractivity contribution is 6.06. The second-order valence-electron chi connectivity index (χ2n) is 5.92. The van der Waals surface area contributed by atoms with Crippen LogP contribution in [0.5, 0.6) is 0 Å². The molecular formula is C14H25N3O3. The monoisotopic (exact) mass is 283 g/mol. The second-order valence-corrected chi connectivity index (χ2v) is 5.92. The van der Waals surface area contributed by atoms with Crippen molar-refractivity contribution >= 4 is 11.7 Å². The van der Waals surface area contributed by atoms with Crippen molar-refractivity contribution < 1.29 is 14.7 Å². The Labute approximate surface area is 119 Å². The van der Waals surface area contributed by atoms with Gasteiger partial charge in [-0.3, -0.25) is 4.79 Å². The van der Waals surface area contributed by atoms with Crippen LogP contribution in [-0.4, -0.2) is 36.7 Å². The van der Waals surface area contributed by atoms with Crippen LogP contribution < -0.4 is 11.1 Å². The third-order valence-electron chi connectivity index (χ3n) is 4.57. The lowest BCUT2D eigenvalue weighted by molar-refractivity contribution is -0.128. The summed E-state index contributed by atoms with van der Waals surface area (Å²) >= 11 is 0. The maximum absolute atomic E-state index is 12.6. The number of nitrogens with zero attached hydrogens (tertiary/aromatic N) is 1. The molecule has 1 saturated heterocycles. The van der Waals surface area contributed by atoms with E-state index in [2.05, 4.69) is 10.5 Å². The van der Waals surface area contributed by atoms with Crippen LogP contribution in [-0.2, 0) is 9.53 Å². The topological polar surface area (TPSA) is 96.9 Å². The number of ether oxygens (including phenoxy) is 1. The average Bonchev–Trinajstić information content (AvgIpc) is 2.86. The fourth-order valence-corrected chi connectivity index (χ4v) is 3.18. The lowest BCUT2D eigenvalue weighted by atomic mass is 9.78. The number of rotatable bonds is 4. The zero-order valence-corrected chi connectivity index (χ0v) is 11.9. The van der Waals surface area contributed by atoms with Crippen LogP contribution >= 0.6 is 0 Å². The molecule has 2 fully saturated rings. The molecule has 2 aliphatic rings. The van der Waals surface area contributed by atoms with Crippen molar-refractivity contribution in [3.05, 3.63) is 0 Å². The molecule has 20 heavy (non-hydrogen) atoms. The number of nitrogens with two attached hydrogens (primary N) is 1. The van der Waals surface area contributed by atoms with Gasteiger partial charge < -0.3 is 21.0 Å². The molecule has 1 amide bonds. The Morgan fingerprint density at radius 2 is 2.05 bits per heavy atom. The highest BCUT2D eigenvalue weighted by Gasteiger charge is 2.43. The summed E-state index contributed by atoms with van der Waals surface area (Å²) in [6.45, 7) is 2.09. The zero-order chi connectivity index (χ0) is 14.4. The molecule has 0 aromatic carbocycles. The van der Waals surface area contributed by atoms with E-state index in [-0.39, 0.29) is 11.7 Å². The number of carbonyl (C=O) groups is 1. The molecule has 4 N–H and O–H groups in total. The molecule has 1 heterocycles. The molecule has 1 unspecified atom stereocenters. The highest BCUT2D eigenvalue weighted by atomic mass is 16.5. The van der Waals surface area contributed by atoms with Gasteiger partial charge in [0, 0.05) is 19.1 Å². The predicted octanol–water partition coefficient (Wildman–Crippen LogP) is 1.23. The van der Waals surface area contributed by atoms with Gasteiger partial charge in [-0.1, -0.05) is 30.8 Å². The standard InChI is InChI=1S/C14H25N3O3/c15-12(17-19)14(6-3-1-2-4-7-14)13(18)16-9-11-5-8-20-10-11/h11,19H,1-10H2,(H2,15,17)(H,16,18). The minimum atomic E-state index is -0.829. The van der Waals surface area contributed by atoms with Gasteiger partial charge in [-0.2, -0.15) is 0 Å². The van der Waals surface area contributed by atoms with E-state index in [1.165, 1.54) is 0 Å². The van der Waals surface area contributed by atoms with Gasteiger partial charge in [0.2, 0.25) is 5.91 Å². The van der Waals surface area contributed by atoms with Crippen molar-refractivity contribution in [1.82, 2.24) is 5.32 Å². The van der Waals surface area contributed by atoms with Gasteiger partial charge in [-0.05, 0) is 19.3 Å². The molecule has 2 rings (SSSR count). The SMILES string of the molecule is NC(=NO)C1(C(=O)NCC2CCOC2)CCCCCC1. The summed E-state index contributed by atoms with van der Waals surface area (Å²) in [6, 6.07) is 0. The Hall–Kier alpha value is -1.30. The van der Waals surface area contributed by atoms with Crippen molar-refractivity contribution in [3.8, 4) is 0 Å². The van der Waals surface area contributed by atoms with Gasteiger partial charge >= 0.3 is 0 Å². The van der Waals surface area contributed by atoms with E-state index in [0.29, 0.717) is 31.9 Å². The Bertz CT molecular complexity index is 357. The van der Waals surface area contributed by atoms with Crippen LogP contribution in [0.2, 0.25) is 0 Å². The van der Waals surface area contributed by atoms with Gasteiger partial charge in [0.15, 0.2) is 5.84 Å². The van der Waals surface area contributed by atoms with Crippen LogP contribution in [0.25, 0.3) is 0 Å².